The van der Waals surface area contributed by atoms with E-state index in [1.165, 1.54) is 24.1 Å². The van der Waals surface area contributed by atoms with E-state index >= 15 is 0 Å². The fourth-order valence-electron chi connectivity index (χ4n) is 2.62. The Morgan fingerprint density at radius 2 is 2.05 bits per heavy atom. The Kier molecular flexibility index (Phi) is 2.30. The first-order chi connectivity index (χ1) is 9.42. The molecule has 0 fully saturated rings. The fraction of sp³-hybridized carbons (Fsp3) is 0.286. The zero-order chi connectivity index (χ0) is 12.7. The Morgan fingerprint density at radius 1 is 1.11 bits per heavy atom. The van der Waals surface area contributed by atoms with E-state index in [-0.39, 0.29) is 0 Å². The highest BCUT2D eigenvalue weighted by molar-refractivity contribution is 5.55. The van der Waals surface area contributed by atoms with E-state index in [1.54, 1.807) is 12.4 Å². The van der Waals surface area contributed by atoms with Gasteiger partial charge in [-0.15, -0.1) is 5.10 Å². The average Bonchev–Trinajstić information content (AvgIpc) is 2.93. The van der Waals surface area contributed by atoms with Gasteiger partial charge in [-0.25, -0.2) is 9.50 Å². The van der Waals surface area contributed by atoms with E-state index in [2.05, 4.69) is 20.1 Å². The molecule has 0 aromatic carbocycles. The van der Waals surface area contributed by atoms with Crippen LogP contribution < -0.4 is 0 Å². The van der Waals surface area contributed by atoms with Gasteiger partial charge < -0.3 is 0 Å². The van der Waals surface area contributed by atoms with Crippen molar-refractivity contribution in [2.45, 2.75) is 25.7 Å². The molecule has 0 saturated carbocycles. The van der Waals surface area contributed by atoms with Gasteiger partial charge in [-0.05, 0) is 43.4 Å². The summed E-state index contributed by atoms with van der Waals surface area (Å²) in [4.78, 5) is 13.0. The molecule has 94 valence electrons. The van der Waals surface area contributed by atoms with Crippen molar-refractivity contribution in [3.05, 3.63) is 42.0 Å². The molecule has 0 spiro atoms. The molecule has 3 aromatic rings. The maximum Gasteiger partial charge on any atom is 0.252 e. The minimum atomic E-state index is 0.680. The summed E-state index contributed by atoms with van der Waals surface area (Å²) in [5.74, 6) is 1.37. The molecule has 0 saturated heterocycles. The van der Waals surface area contributed by atoms with Crippen LogP contribution in [0.25, 0.3) is 17.2 Å². The fourth-order valence-corrected chi connectivity index (χ4v) is 2.62. The zero-order valence-corrected chi connectivity index (χ0v) is 10.5. The highest BCUT2D eigenvalue weighted by Gasteiger charge is 2.16. The van der Waals surface area contributed by atoms with Crippen LogP contribution in [-0.2, 0) is 12.8 Å². The molecule has 1 aliphatic rings. The second kappa shape index (κ2) is 4.12. The van der Waals surface area contributed by atoms with Crippen molar-refractivity contribution in [2.75, 3.05) is 0 Å². The molecule has 0 aliphatic heterocycles. The Balaban J connectivity index is 1.92. The number of nitrogens with zero attached hydrogens (tertiary/aromatic N) is 5. The first-order valence-corrected chi connectivity index (χ1v) is 6.56. The van der Waals surface area contributed by atoms with E-state index in [9.17, 15) is 0 Å². The summed E-state index contributed by atoms with van der Waals surface area (Å²) in [5.41, 5.74) is 3.50. The SMILES string of the molecule is c1cncc(-c2nc3ncc4c(n3n2)CCCC4)c1. The van der Waals surface area contributed by atoms with Gasteiger partial charge in [-0.1, -0.05) is 0 Å². The van der Waals surface area contributed by atoms with Crippen molar-refractivity contribution in [3.8, 4) is 11.4 Å². The summed E-state index contributed by atoms with van der Waals surface area (Å²) in [5, 5.41) is 4.60. The van der Waals surface area contributed by atoms with Crippen molar-refractivity contribution in [3.63, 3.8) is 0 Å². The molecule has 4 rings (SSSR count). The molecule has 0 unspecified atom stereocenters. The lowest BCUT2D eigenvalue weighted by atomic mass is 9.98. The summed E-state index contributed by atoms with van der Waals surface area (Å²) >= 11 is 0. The van der Waals surface area contributed by atoms with Gasteiger partial charge in [0.2, 0.25) is 0 Å². The van der Waals surface area contributed by atoms with Gasteiger partial charge >= 0.3 is 0 Å². The van der Waals surface area contributed by atoms with Gasteiger partial charge in [0.1, 0.15) is 0 Å². The van der Waals surface area contributed by atoms with Crippen molar-refractivity contribution in [1.29, 1.82) is 0 Å². The molecular weight excluding hydrogens is 238 g/mol. The third-order valence-electron chi connectivity index (χ3n) is 3.58. The highest BCUT2D eigenvalue weighted by Crippen LogP contribution is 2.22. The van der Waals surface area contributed by atoms with E-state index < -0.39 is 0 Å². The van der Waals surface area contributed by atoms with Crippen LogP contribution in [0.15, 0.2) is 30.7 Å². The normalized spacial score (nSPS) is 14.5. The molecule has 5 nitrogen and oxygen atoms in total. The summed E-state index contributed by atoms with van der Waals surface area (Å²) in [6, 6.07) is 3.86. The quantitative estimate of drug-likeness (QED) is 0.664. The van der Waals surface area contributed by atoms with Crippen LogP contribution in [0.2, 0.25) is 0 Å². The van der Waals surface area contributed by atoms with Crippen molar-refractivity contribution in [1.82, 2.24) is 24.6 Å². The largest absolute Gasteiger partial charge is 0.264 e. The lowest BCUT2D eigenvalue weighted by molar-refractivity contribution is 0.640. The van der Waals surface area contributed by atoms with Crippen LogP contribution in [0.3, 0.4) is 0 Å². The summed E-state index contributed by atoms with van der Waals surface area (Å²) < 4.78 is 1.90. The number of fused-ring (bicyclic) bond motifs is 3. The van der Waals surface area contributed by atoms with Crippen molar-refractivity contribution in [2.24, 2.45) is 0 Å². The van der Waals surface area contributed by atoms with Gasteiger partial charge in [0.05, 0.1) is 5.69 Å². The number of pyridine rings is 1. The van der Waals surface area contributed by atoms with Crippen LogP contribution in [-0.4, -0.2) is 24.6 Å². The second-order valence-electron chi connectivity index (χ2n) is 4.83. The smallest absolute Gasteiger partial charge is 0.252 e. The molecule has 19 heavy (non-hydrogen) atoms. The predicted molar refractivity (Wildman–Crippen MR) is 70.7 cm³/mol. The van der Waals surface area contributed by atoms with E-state index in [0.717, 1.165) is 18.4 Å². The van der Waals surface area contributed by atoms with Crippen molar-refractivity contribution < 1.29 is 0 Å². The Morgan fingerprint density at radius 3 is 2.95 bits per heavy atom. The molecule has 0 amide bonds. The lowest BCUT2D eigenvalue weighted by Crippen LogP contribution is -2.10. The third-order valence-corrected chi connectivity index (χ3v) is 3.58. The van der Waals surface area contributed by atoms with Crippen LogP contribution in [0.4, 0.5) is 0 Å². The van der Waals surface area contributed by atoms with Gasteiger partial charge in [0.25, 0.3) is 5.78 Å². The average molecular weight is 251 g/mol. The minimum absolute atomic E-state index is 0.680. The number of rotatable bonds is 1. The van der Waals surface area contributed by atoms with Gasteiger partial charge in [-0.2, -0.15) is 4.98 Å². The minimum Gasteiger partial charge on any atom is -0.264 e. The molecule has 3 aromatic heterocycles. The predicted octanol–water partition coefficient (Wildman–Crippen LogP) is 2.07. The zero-order valence-electron chi connectivity index (χ0n) is 10.5. The molecular formula is C14H13N5. The third kappa shape index (κ3) is 1.69. The van der Waals surface area contributed by atoms with Gasteiger partial charge in [-0.3, -0.25) is 4.98 Å². The van der Waals surface area contributed by atoms with Crippen LogP contribution in [0, 0.1) is 0 Å². The summed E-state index contributed by atoms with van der Waals surface area (Å²) in [6.07, 6.45) is 10.1. The van der Waals surface area contributed by atoms with E-state index in [0.29, 0.717) is 11.6 Å². The number of aromatic nitrogens is 5. The molecule has 0 N–H and O–H groups in total. The van der Waals surface area contributed by atoms with Crippen molar-refractivity contribution >= 4 is 5.78 Å². The van der Waals surface area contributed by atoms with Crippen LogP contribution in [0.5, 0.6) is 0 Å². The van der Waals surface area contributed by atoms with E-state index in [4.69, 9.17) is 0 Å². The topological polar surface area (TPSA) is 56.0 Å². The first kappa shape index (κ1) is 10.6. The molecule has 0 atom stereocenters. The first-order valence-electron chi connectivity index (χ1n) is 6.56. The van der Waals surface area contributed by atoms with Gasteiger partial charge in [0.15, 0.2) is 5.82 Å². The molecule has 3 heterocycles. The molecule has 5 heteroatoms. The lowest BCUT2D eigenvalue weighted by Gasteiger charge is -2.14. The number of hydrogen-bond acceptors (Lipinski definition) is 4. The standard InChI is InChI=1S/C14H13N5/c1-2-6-12-10(4-1)9-16-14-17-13(18-19(12)14)11-5-3-7-15-8-11/h3,5,7-9H,1-2,4,6H2. The number of hydrogen-bond donors (Lipinski definition) is 0. The Hall–Kier alpha value is -2.30. The number of aryl methyl sites for hydroxylation is 2. The highest BCUT2D eigenvalue weighted by atomic mass is 15.3. The van der Waals surface area contributed by atoms with Crippen LogP contribution in [0.1, 0.15) is 24.1 Å². The Labute approximate surface area is 110 Å². The Bertz CT molecular complexity index is 732. The van der Waals surface area contributed by atoms with Gasteiger partial charge in [0, 0.05) is 24.2 Å². The second-order valence-corrected chi connectivity index (χ2v) is 4.83. The molecule has 0 bridgehead atoms. The maximum absolute atomic E-state index is 4.60. The maximum atomic E-state index is 4.60. The summed E-state index contributed by atoms with van der Waals surface area (Å²) in [6.45, 7) is 0. The molecule has 1 aliphatic carbocycles. The summed E-state index contributed by atoms with van der Waals surface area (Å²) in [7, 11) is 0. The van der Waals surface area contributed by atoms with E-state index in [1.807, 2.05) is 22.8 Å². The molecule has 0 radical (unpaired) electrons. The van der Waals surface area contributed by atoms with Crippen LogP contribution >= 0.6 is 0 Å². The monoisotopic (exact) mass is 251 g/mol.